The average Bonchev–Trinajstić information content (AvgIpc) is 3.05. The molecular weight excluding hydrogens is 342 g/mol. The predicted molar refractivity (Wildman–Crippen MR) is 103 cm³/mol. The van der Waals surface area contributed by atoms with Crippen LogP contribution in [0.4, 0.5) is 5.69 Å². The highest BCUT2D eigenvalue weighted by molar-refractivity contribution is 7.80. The number of anilines is 1. The number of rotatable bonds is 4. The predicted octanol–water partition coefficient (Wildman–Crippen LogP) is 4.92. The average molecular weight is 356 g/mol. The third-order valence-corrected chi connectivity index (χ3v) is 3.59. The van der Waals surface area contributed by atoms with Gasteiger partial charge in [0.15, 0.2) is 5.11 Å². The van der Waals surface area contributed by atoms with Crippen LogP contribution in [0.3, 0.4) is 0 Å². The minimum Gasteiger partial charge on any atom is -0.455 e. The second-order valence-corrected chi connectivity index (χ2v) is 5.74. The Morgan fingerprint density at radius 3 is 2.50 bits per heavy atom. The lowest BCUT2D eigenvalue weighted by Crippen LogP contribution is -2.23. The van der Waals surface area contributed by atoms with Gasteiger partial charge < -0.3 is 9.73 Å². The van der Waals surface area contributed by atoms with E-state index in [-0.39, 0.29) is 0 Å². The van der Waals surface area contributed by atoms with Gasteiger partial charge in [0.25, 0.3) is 0 Å². The van der Waals surface area contributed by atoms with E-state index in [1.165, 1.54) is 0 Å². The standard InChI is InChI=1S/C18H14ClN3OS/c19-14-8-6-13(7-9-14)17-11-10-16(23-17)12-20-22-18(24)21-15-4-2-1-3-5-15/h1-12H,(H2,21,22,24)/b20-12+. The van der Waals surface area contributed by atoms with Gasteiger partial charge in [-0.15, -0.1) is 0 Å². The fraction of sp³-hybridized carbons (Fsp3) is 0. The molecule has 0 atom stereocenters. The maximum Gasteiger partial charge on any atom is 0.191 e. The number of nitrogens with one attached hydrogen (secondary N) is 2. The number of thiocarbonyl (C=S) groups is 1. The van der Waals surface area contributed by atoms with Gasteiger partial charge in [0.05, 0.1) is 6.21 Å². The number of halogens is 1. The third-order valence-electron chi connectivity index (χ3n) is 3.15. The molecule has 3 aromatic rings. The van der Waals surface area contributed by atoms with E-state index >= 15 is 0 Å². The van der Waals surface area contributed by atoms with Crippen molar-refractivity contribution in [2.45, 2.75) is 0 Å². The normalized spacial score (nSPS) is 10.7. The van der Waals surface area contributed by atoms with Crippen LogP contribution in [0, 0.1) is 0 Å². The Hall–Kier alpha value is -2.63. The number of hydrogen-bond donors (Lipinski definition) is 2. The molecule has 0 bridgehead atoms. The van der Waals surface area contributed by atoms with Crippen LogP contribution in [0.25, 0.3) is 11.3 Å². The van der Waals surface area contributed by atoms with Crippen LogP contribution in [0.1, 0.15) is 5.76 Å². The van der Waals surface area contributed by atoms with E-state index in [1.807, 2.05) is 66.7 Å². The molecule has 4 nitrogen and oxygen atoms in total. The van der Waals surface area contributed by atoms with Crippen molar-refractivity contribution in [3.8, 4) is 11.3 Å². The summed E-state index contributed by atoms with van der Waals surface area (Å²) in [4.78, 5) is 0. The Morgan fingerprint density at radius 1 is 1.00 bits per heavy atom. The van der Waals surface area contributed by atoms with Crippen LogP contribution in [-0.2, 0) is 0 Å². The molecule has 120 valence electrons. The lowest BCUT2D eigenvalue weighted by Gasteiger charge is -2.05. The van der Waals surface area contributed by atoms with Crippen LogP contribution < -0.4 is 10.7 Å². The Kier molecular flexibility index (Phi) is 5.25. The van der Waals surface area contributed by atoms with Gasteiger partial charge in [0, 0.05) is 16.3 Å². The van der Waals surface area contributed by atoms with Crippen molar-refractivity contribution in [2.24, 2.45) is 5.10 Å². The third kappa shape index (κ3) is 4.44. The van der Waals surface area contributed by atoms with Crippen molar-refractivity contribution in [1.29, 1.82) is 0 Å². The van der Waals surface area contributed by atoms with E-state index in [4.69, 9.17) is 28.2 Å². The molecule has 0 saturated heterocycles. The summed E-state index contributed by atoms with van der Waals surface area (Å²) in [6.07, 6.45) is 1.57. The fourth-order valence-electron chi connectivity index (χ4n) is 2.03. The molecular formula is C18H14ClN3OS. The van der Waals surface area contributed by atoms with Gasteiger partial charge in [-0.05, 0) is 60.7 Å². The summed E-state index contributed by atoms with van der Waals surface area (Å²) < 4.78 is 5.71. The summed E-state index contributed by atoms with van der Waals surface area (Å²) >= 11 is 11.0. The molecule has 0 amide bonds. The molecule has 2 N–H and O–H groups in total. The molecule has 0 saturated carbocycles. The minimum absolute atomic E-state index is 0.405. The quantitative estimate of drug-likeness (QED) is 0.396. The first-order chi connectivity index (χ1) is 11.7. The van der Waals surface area contributed by atoms with Crippen LogP contribution >= 0.6 is 23.8 Å². The zero-order valence-corrected chi connectivity index (χ0v) is 14.1. The molecule has 0 radical (unpaired) electrons. The first-order valence-electron chi connectivity index (χ1n) is 7.21. The van der Waals surface area contributed by atoms with E-state index < -0.39 is 0 Å². The maximum atomic E-state index is 5.88. The van der Waals surface area contributed by atoms with E-state index in [2.05, 4.69) is 15.8 Å². The van der Waals surface area contributed by atoms with E-state index in [0.717, 1.165) is 17.0 Å². The monoisotopic (exact) mass is 355 g/mol. The molecule has 0 unspecified atom stereocenters. The summed E-state index contributed by atoms with van der Waals surface area (Å²) in [5, 5.41) is 8.19. The van der Waals surface area contributed by atoms with Crippen LogP contribution in [0.15, 0.2) is 76.2 Å². The highest BCUT2D eigenvalue weighted by atomic mass is 35.5. The zero-order valence-electron chi connectivity index (χ0n) is 12.6. The van der Waals surface area contributed by atoms with E-state index in [0.29, 0.717) is 15.9 Å². The number of hydrogen-bond acceptors (Lipinski definition) is 3. The number of nitrogens with zero attached hydrogens (tertiary/aromatic N) is 1. The summed E-state index contributed by atoms with van der Waals surface area (Å²) in [6.45, 7) is 0. The molecule has 0 fully saturated rings. The largest absolute Gasteiger partial charge is 0.455 e. The minimum atomic E-state index is 0.405. The Balaban J connectivity index is 1.57. The second-order valence-electron chi connectivity index (χ2n) is 4.90. The lowest BCUT2D eigenvalue weighted by atomic mass is 10.2. The summed E-state index contributed by atoms with van der Waals surface area (Å²) in [5.41, 5.74) is 4.60. The van der Waals surface area contributed by atoms with Gasteiger partial charge in [-0.3, -0.25) is 5.43 Å². The SMILES string of the molecule is S=C(N/N=C/c1ccc(-c2ccc(Cl)cc2)o1)Nc1ccccc1. The van der Waals surface area contributed by atoms with Crippen molar-refractivity contribution in [1.82, 2.24) is 5.43 Å². The fourth-order valence-corrected chi connectivity index (χ4v) is 2.32. The van der Waals surface area contributed by atoms with Crippen molar-refractivity contribution in [3.05, 3.63) is 77.5 Å². The van der Waals surface area contributed by atoms with Crippen LogP contribution in [0.2, 0.25) is 5.02 Å². The zero-order chi connectivity index (χ0) is 16.8. The Labute approximate surface area is 150 Å². The molecule has 0 aliphatic carbocycles. The summed E-state index contributed by atoms with van der Waals surface area (Å²) in [5.74, 6) is 1.37. The van der Waals surface area contributed by atoms with Gasteiger partial charge in [-0.1, -0.05) is 29.8 Å². The molecule has 24 heavy (non-hydrogen) atoms. The van der Waals surface area contributed by atoms with Crippen molar-refractivity contribution >= 4 is 40.8 Å². The van der Waals surface area contributed by atoms with E-state index in [1.54, 1.807) is 6.21 Å². The van der Waals surface area contributed by atoms with Gasteiger partial charge in [0.1, 0.15) is 11.5 Å². The highest BCUT2D eigenvalue weighted by Gasteiger charge is 2.03. The molecule has 0 spiro atoms. The number of para-hydroxylation sites is 1. The first-order valence-corrected chi connectivity index (χ1v) is 8.00. The number of hydrazone groups is 1. The molecule has 1 heterocycles. The Bertz CT molecular complexity index is 844. The van der Waals surface area contributed by atoms with Gasteiger partial charge in [-0.25, -0.2) is 0 Å². The molecule has 3 rings (SSSR count). The maximum absolute atomic E-state index is 5.88. The Morgan fingerprint density at radius 2 is 1.75 bits per heavy atom. The summed E-state index contributed by atoms with van der Waals surface area (Å²) in [7, 11) is 0. The smallest absolute Gasteiger partial charge is 0.191 e. The molecule has 0 aliphatic rings. The lowest BCUT2D eigenvalue weighted by molar-refractivity contribution is 0.574. The van der Waals surface area contributed by atoms with Gasteiger partial charge in [-0.2, -0.15) is 5.10 Å². The second kappa shape index (κ2) is 7.77. The van der Waals surface area contributed by atoms with Crippen molar-refractivity contribution in [2.75, 3.05) is 5.32 Å². The molecule has 2 aromatic carbocycles. The van der Waals surface area contributed by atoms with E-state index in [9.17, 15) is 0 Å². The van der Waals surface area contributed by atoms with Crippen molar-refractivity contribution < 1.29 is 4.42 Å². The van der Waals surface area contributed by atoms with Crippen molar-refractivity contribution in [3.63, 3.8) is 0 Å². The van der Waals surface area contributed by atoms with Crippen LogP contribution in [-0.4, -0.2) is 11.3 Å². The highest BCUT2D eigenvalue weighted by Crippen LogP contribution is 2.23. The number of benzene rings is 2. The molecule has 1 aromatic heterocycles. The first kappa shape index (κ1) is 16.2. The topological polar surface area (TPSA) is 49.6 Å². The summed E-state index contributed by atoms with van der Waals surface area (Å²) in [6, 6.07) is 20.8. The van der Waals surface area contributed by atoms with Crippen LogP contribution in [0.5, 0.6) is 0 Å². The number of furan rings is 1. The van der Waals surface area contributed by atoms with Gasteiger partial charge in [0.2, 0.25) is 0 Å². The van der Waals surface area contributed by atoms with Gasteiger partial charge >= 0.3 is 0 Å². The molecule has 0 aliphatic heterocycles. The molecule has 6 heteroatoms.